The third-order valence-corrected chi connectivity index (χ3v) is 4.65. The maximum atomic E-state index is 12.6. The fraction of sp³-hybridized carbons (Fsp3) is 0.222. The molecule has 0 radical (unpaired) electrons. The molecular formula is C18H15N7O7. The van der Waals surface area contributed by atoms with Gasteiger partial charge in [0.25, 0.3) is 17.1 Å². The molecule has 0 N–H and O–H groups in total. The zero-order valence-corrected chi connectivity index (χ0v) is 16.8. The van der Waals surface area contributed by atoms with Gasteiger partial charge in [0.1, 0.15) is 6.54 Å². The minimum Gasteiger partial charge on any atom is -0.454 e. The number of aryl methyl sites for hydroxylation is 2. The summed E-state index contributed by atoms with van der Waals surface area (Å²) in [7, 11) is 3.04. The van der Waals surface area contributed by atoms with E-state index in [0.29, 0.717) is 5.56 Å². The SMILES string of the molecule is Cn1cnc2c1c(=O)n(CC(=O)OCc1nc(-c3ccc([N+](=O)[O-])cc3)no1)c(=O)n2C. The van der Waals surface area contributed by atoms with Crippen molar-refractivity contribution in [3.05, 3.63) is 67.4 Å². The van der Waals surface area contributed by atoms with E-state index in [1.54, 1.807) is 7.05 Å². The Balaban J connectivity index is 1.46. The van der Waals surface area contributed by atoms with Gasteiger partial charge in [0.2, 0.25) is 5.82 Å². The number of nitro groups is 1. The molecule has 0 saturated carbocycles. The number of imidazole rings is 1. The molecule has 0 aliphatic carbocycles. The van der Waals surface area contributed by atoms with Crippen molar-refractivity contribution in [2.75, 3.05) is 0 Å². The van der Waals surface area contributed by atoms with Gasteiger partial charge in [-0.3, -0.25) is 24.3 Å². The molecular weight excluding hydrogens is 426 g/mol. The minimum absolute atomic E-state index is 0.0333. The van der Waals surface area contributed by atoms with E-state index in [-0.39, 0.29) is 35.2 Å². The van der Waals surface area contributed by atoms with Crippen LogP contribution < -0.4 is 11.2 Å². The van der Waals surface area contributed by atoms with Gasteiger partial charge in [0, 0.05) is 31.8 Å². The molecule has 32 heavy (non-hydrogen) atoms. The van der Waals surface area contributed by atoms with Crippen molar-refractivity contribution in [2.24, 2.45) is 14.1 Å². The lowest BCUT2D eigenvalue weighted by molar-refractivity contribution is -0.384. The van der Waals surface area contributed by atoms with Crippen LogP contribution in [-0.4, -0.2) is 39.7 Å². The molecule has 0 saturated heterocycles. The highest BCUT2D eigenvalue weighted by Gasteiger charge is 2.18. The van der Waals surface area contributed by atoms with Crippen LogP contribution in [0.1, 0.15) is 5.89 Å². The lowest BCUT2D eigenvalue weighted by Gasteiger charge is -2.08. The first-order chi connectivity index (χ1) is 15.3. The van der Waals surface area contributed by atoms with Gasteiger partial charge in [0.05, 0.1) is 11.3 Å². The number of nitro benzene ring substituents is 1. The molecule has 0 amide bonds. The maximum absolute atomic E-state index is 12.6. The van der Waals surface area contributed by atoms with Crippen molar-refractivity contribution in [3.63, 3.8) is 0 Å². The fourth-order valence-corrected chi connectivity index (χ4v) is 3.02. The number of ether oxygens (including phenoxy) is 1. The average Bonchev–Trinajstić information content (AvgIpc) is 3.41. The number of esters is 1. The van der Waals surface area contributed by atoms with E-state index in [1.807, 2.05) is 0 Å². The summed E-state index contributed by atoms with van der Waals surface area (Å²) in [6, 6.07) is 5.50. The zero-order valence-electron chi connectivity index (χ0n) is 16.8. The van der Waals surface area contributed by atoms with E-state index in [1.165, 1.54) is 46.8 Å². The summed E-state index contributed by atoms with van der Waals surface area (Å²) >= 11 is 0. The Hall–Kier alpha value is -4.62. The summed E-state index contributed by atoms with van der Waals surface area (Å²) in [5, 5.41) is 14.5. The summed E-state index contributed by atoms with van der Waals surface area (Å²) in [5.41, 5.74) is -0.621. The predicted molar refractivity (Wildman–Crippen MR) is 106 cm³/mol. The lowest BCUT2D eigenvalue weighted by atomic mass is 10.2. The summed E-state index contributed by atoms with van der Waals surface area (Å²) in [6.07, 6.45) is 1.40. The Morgan fingerprint density at radius 2 is 1.94 bits per heavy atom. The highest BCUT2D eigenvalue weighted by atomic mass is 16.6. The molecule has 14 heteroatoms. The molecule has 4 aromatic rings. The number of benzene rings is 1. The summed E-state index contributed by atoms with van der Waals surface area (Å²) < 4.78 is 13.4. The van der Waals surface area contributed by atoms with E-state index in [4.69, 9.17) is 9.26 Å². The van der Waals surface area contributed by atoms with Gasteiger partial charge in [-0.1, -0.05) is 5.16 Å². The number of nitrogens with zero attached hydrogens (tertiary/aromatic N) is 7. The van der Waals surface area contributed by atoms with Crippen LogP contribution in [0.3, 0.4) is 0 Å². The molecule has 0 unspecified atom stereocenters. The van der Waals surface area contributed by atoms with Crippen LogP contribution in [0.2, 0.25) is 0 Å². The second-order valence-corrected chi connectivity index (χ2v) is 6.74. The molecule has 4 rings (SSSR count). The molecule has 0 bridgehead atoms. The van der Waals surface area contributed by atoms with E-state index >= 15 is 0 Å². The Morgan fingerprint density at radius 3 is 2.62 bits per heavy atom. The summed E-state index contributed by atoms with van der Waals surface area (Å²) in [6.45, 7) is -1.00. The molecule has 0 aliphatic heterocycles. The second-order valence-electron chi connectivity index (χ2n) is 6.74. The van der Waals surface area contributed by atoms with E-state index in [0.717, 1.165) is 4.57 Å². The Labute approximate surface area is 177 Å². The quantitative estimate of drug-likeness (QED) is 0.228. The number of carbonyl (C=O) groups is 1. The van der Waals surface area contributed by atoms with Crippen molar-refractivity contribution >= 4 is 22.8 Å². The van der Waals surface area contributed by atoms with Crippen LogP contribution in [0.5, 0.6) is 0 Å². The Bertz CT molecular complexity index is 1460. The third kappa shape index (κ3) is 3.64. The van der Waals surface area contributed by atoms with Gasteiger partial charge in [-0.05, 0) is 12.1 Å². The number of non-ortho nitro benzene ring substituents is 1. The van der Waals surface area contributed by atoms with Gasteiger partial charge >= 0.3 is 11.7 Å². The van der Waals surface area contributed by atoms with Crippen LogP contribution in [-0.2, 0) is 36.8 Å². The predicted octanol–water partition coefficient (Wildman–Crippen LogP) is 0.135. The molecule has 0 atom stereocenters. The number of rotatable bonds is 6. The molecule has 0 fully saturated rings. The summed E-state index contributed by atoms with van der Waals surface area (Å²) in [4.78, 5) is 55.5. The largest absolute Gasteiger partial charge is 0.454 e. The van der Waals surface area contributed by atoms with E-state index < -0.39 is 28.7 Å². The number of aromatic nitrogens is 6. The van der Waals surface area contributed by atoms with Crippen molar-refractivity contribution in [3.8, 4) is 11.4 Å². The highest BCUT2D eigenvalue weighted by Crippen LogP contribution is 2.20. The zero-order chi connectivity index (χ0) is 23.0. The summed E-state index contributed by atoms with van der Waals surface area (Å²) in [5.74, 6) is -0.743. The van der Waals surface area contributed by atoms with Crippen molar-refractivity contribution in [1.29, 1.82) is 0 Å². The van der Waals surface area contributed by atoms with Gasteiger partial charge in [-0.15, -0.1) is 0 Å². The minimum atomic E-state index is -0.860. The molecule has 164 valence electrons. The molecule has 14 nitrogen and oxygen atoms in total. The number of carbonyl (C=O) groups excluding carboxylic acids is 1. The van der Waals surface area contributed by atoms with Gasteiger partial charge in [-0.25, -0.2) is 14.3 Å². The fourth-order valence-electron chi connectivity index (χ4n) is 3.02. The highest BCUT2D eigenvalue weighted by molar-refractivity contribution is 5.72. The van der Waals surface area contributed by atoms with Crippen LogP contribution in [0, 0.1) is 10.1 Å². The van der Waals surface area contributed by atoms with Crippen molar-refractivity contribution in [1.82, 2.24) is 28.8 Å². The second kappa shape index (κ2) is 7.90. The van der Waals surface area contributed by atoms with Crippen molar-refractivity contribution < 1.29 is 19.0 Å². The topological polar surface area (TPSA) is 170 Å². The first-order valence-electron chi connectivity index (χ1n) is 9.10. The molecule has 0 aliphatic rings. The Morgan fingerprint density at radius 1 is 1.22 bits per heavy atom. The molecule has 0 spiro atoms. The molecule has 3 aromatic heterocycles. The van der Waals surface area contributed by atoms with E-state index in [2.05, 4.69) is 15.1 Å². The van der Waals surface area contributed by atoms with Crippen LogP contribution in [0.4, 0.5) is 5.69 Å². The molecule has 1 aromatic carbocycles. The third-order valence-electron chi connectivity index (χ3n) is 4.65. The van der Waals surface area contributed by atoms with Gasteiger partial charge < -0.3 is 13.8 Å². The monoisotopic (exact) mass is 441 g/mol. The van der Waals surface area contributed by atoms with Gasteiger partial charge in [0.15, 0.2) is 17.8 Å². The van der Waals surface area contributed by atoms with Crippen LogP contribution in [0.25, 0.3) is 22.6 Å². The Kier molecular flexibility index (Phi) is 5.10. The van der Waals surface area contributed by atoms with E-state index in [9.17, 15) is 24.5 Å². The van der Waals surface area contributed by atoms with Crippen LogP contribution in [0.15, 0.2) is 44.7 Å². The normalized spacial score (nSPS) is 11.1. The lowest BCUT2D eigenvalue weighted by Crippen LogP contribution is -2.41. The number of hydrogen-bond donors (Lipinski definition) is 0. The average molecular weight is 441 g/mol. The first kappa shape index (κ1) is 20.6. The standard InChI is InChI=1S/C18H15N7O7/c1-22-9-19-16-14(22)17(27)24(18(28)23(16)2)7-13(26)31-8-12-20-15(21-32-12)10-3-5-11(6-4-10)25(29)30/h3-6,9H,7-8H2,1-2H3. The van der Waals surface area contributed by atoms with Crippen molar-refractivity contribution in [2.45, 2.75) is 13.2 Å². The number of hydrogen-bond acceptors (Lipinski definition) is 10. The molecule has 3 heterocycles. The first-order valence-corrected chi connectivity index (χ1v) is 9.10. The number of fused-ring (bicyclic) bond motifs is 1. The smallest absolute Gasteiger partial charge is 0.333 e. The maximum Gasteiger partial charge on any atom is 0.333 e. The van der Waals surface area contributed by atoms with Gasteiger partial charge in [-0.2, -0.15) is 4.98 Å². The van der Waals surface area contributed by atoms with Crippen LogP contribution >= 0.6 is 0 Å².